The first kappa shape index (κ1) is 16.5. The highest BCUT2D eigenvalue weighted by Crippen LogP contribution is 2.17. The third kappa shape index (κ3) is 4.87. The first-order valence-electron chi connectivity index (χ1n) is 7.97. The van der Waals surface area contributed by atoms with Gasteiger partial charge in [0, 0.05) is 6.04 Å². The summed E-state index contributed by atoms with van der Waals surface area (Å²) in [6.07, 6.45) is 7.07. The Morgan fingerprint density at radius 1 is 1.23 bits per heavy atom. The topological polar surface area (TPSA) is 83.4 Å². The normalized spacial score (nSPS) is 18.5. The van der Waals surface area contributed by atoms with E-state index in [1.165, 1.54) is 6.42 Å². The van der Waals surface area contributed by atoms with Crippen LogP contribution in [0.2, 0.25) is 0 Å². The molecule has 0 saturated heterocycles. The number of amides is 3. The molecule has 2 atom stereocenters. The van der Waals surface area contributed by atoms with Crippen molar-refractivity contribution < 1.29 is 14.0 Å². The minimum absolute atomic E-state index is 0.0999. The van der Waals surface area contributed by atoms with Gasteiger partial charge in [0.2, 0.25) is 5.91 Å². The van der Waals surface area contributed by atoms with Gasteiger partial charge in [-0.05, 0) is 38.8 Å². The fourth-order valence-electron chi connectivity index (χ4n) is 2.76. The summed E-state index contributed by atoms with van der Waals surface area (Å²) in [5.74, 6) is 0.415. The highest BCUT2D eigenvalue weighted by Gasteiger charge is 2.21. The van der Waals surface area contributed by atoms with Crippen molar-refractivity contribution in [3.8, 4) is 0 Å². The zero-order valence-electron chi connectivity index (χ0n) is 13.2. The van der Waals surface area contributed by atoms with Gasteiger partial charge in [-0.3, -0.25) is 15.4 Å². The van der Waals surface area contributed by atoms with Crippen molar-refractivity contribution >= 4 is 11.9 Å². The van der Waals surface area contributed by atoms with E-state index in [2.05, 4.69) is 16.0 Å². The number of furan rings is 1. The predicted octanol–water partition coefficient (Wildman–Crippen LogP) is 2.48. The van der Waals surface area contributed by atoms with Gasteiger partial charge in [-0.1, -0.05) is 19.3 Å². The monoisotopic (exact) mass is 307 g/mol. The third-order valence-electron chi connectivity index (χ3n) is 4.04. The van der Waals surface area contributed by atoms with Crippen LogP contribution in [0.3, 0.4) is 0 Å². The molecule has 22 heavy (non-hydrogen) atoms. The Morgan fingerprint density at radius 2 is 1.95 bits per heavy atom. The Bertz CT molecular complexity index is 481. The second-order valence-electron chi connectivity index (χ2n) is 5.92. The molecule has 6 heteroatoms. The lowest BCUT2D eigenvalue weighted by Gasteiger charge is -2.23. The molecule has 122 valence electrons. The van der Waals surface area contributed by atoms with E-state index in [4.69, 9.17) is 4.42 Å². The SMILES string of the molecule is C[C@@H](N[C@H](C)c1ccco1)C(=O)NC(=O)NC1CCCCC1. The van der Waals surface area contributed by atoms with Crippen LogP contribution in [0.15, 0.2) is 22.8 Å². The van der Waals surface area contributed by atoms with Gasteiger partial charge in [0.25, 0.3) is 0 Å². The van der Waals surface area contributed by atoms with Crippen LogP contribution in [0.25, 0.3) is 0 Å². The molecule has 1 aliphatic carbocycles. The van der Waals surface area contributed by atoms with Crippen LogP contribution in [0.5, 0.6) is 0 Å². The van der Waals surface area contributed by atoms with Crippen LogP contribution in [-0.2, 0) is 4.79 Å². The van der Waals surface area contributed by atoms with E-state index in [0.29, 0.717) is 0 Å². The van der Waals surface area contributed by atoms with Gasteiger partial charge in [0.05, 0.1) is 18.3 Å². The first-order chi connectivity index (χ1) is 10.6. The van der Waals surface area contributed by atoms with Crippen molar-refractivity contribution in [1.82, 2.24) is 16.0 Å². The van der Waals surface area contributed by atoms with Crippen LogP contribution in [0, 0.1) is 0 Å². The van der Waals surface area contributed by atoms with E-state index < -0.39 is 12.1 Å². The second-order valence-corrected chi connectivity index (χ2v) is 5.92. The van der Waals surface area contributed by atoms with Crippen molar-refractivity contribution in [2.75, 3.05) is 0 Å². The summed E-state index contributed by atoms with van der Waals surface area (Å²) in [6.45, 7) is 3.63. The molecular formula is C16H25N3O3. The van der Waals surface area contributed by atoms with Gasteiger partial charge >= 0.3 is 6.03 Å². The summed E-state index contributed by atoms with van der Waals surface area (Å²) in [7, 11) is 0. The molecule has 1 aromatic heterocycles. The van der Waals surface area contributed by atoms with Gasteiger partial charge in [0.15, 0.2) is 0 Å². The lowest BCUT2D eigenvalue weighted by atomic mass is 9.96. The largest absolute Gasteiger partial charge is 0.468 e. The molecular weight excluding hydrogens is 282 g/mol. The Balaban J connectivity index is 1.74. The average molecular weight is 307 g/mol. The quantitative estimate of drug-likeness (QED) is 0.780. The molecule has 2 rings (SSSR count). The van der Waals surface area contributed by atoms with Crippen LogP contribution in [0.4, 0.5) is 4.79 Å². The molecule has 0 aromatic carbocycles. The van der Waals surface area contributed by atoms with Crippen LogP contribution < -0.4 is 16.0 Å². The van der Waals surface area contributed by atoms with Gasteiger partial charge < -0.3 is 9.73 Å². The van der Waals surface area contributed by atoms with Gasteiger partial charge in [0.1, 0.15) is 5.76 Å². The molecule has 6 nitrogen and oxygen atoms in total. The number of hydrogen-bond acceptors (Lipinski definition) is 4. The van der Waals surface area contributed by atoms with E-state index in [0.717, 1.165) is 31.4 Å². The Kier molecular flexibility index (Phi) is 6.00. The first-order valence-corrected chi connectivity index (χ1v) is 7.97. The Hall–Kier alpha value is -1.82. The summed E-state index contributed by atoms with van der Waals surface area (Å²) < 4.78 is 5.28. The molecule has 0 bridgehead atoms. The standard InChI is InChI=1S/C16H25N3O3/c1-11(14-9-6-10-22-14)17-12(2)15(20)19-16(21)18-13-7-4-3-5-8-13/h6,9-13,17H,3-5,7-8H2,1-2H3,(H2,18,19,20,21)/t11-,12-/m1/s1. The minimum atomic E-state index is -0.489. The summed E-state index contributed by atoms with van der Waals surface area (Å²) >= 11 is 0. The number of urea groups is 1. The molecule has 1 heterocycles. The Morgan fingerprint density at radius 3 is 2.59 bits per heavy atom. The van der Waals surface area contributed by atoms with E-state index in [9.17, 15) is 9.59 Å². The zero-order chi connectivity index (χ0) is 15.9. The molecule has 1 fully saturated rings. The lowest BCUT2D eigenvalue weighted by molar-refractivity contribution is -0.121. The molecule has 3 N–H and O–H groups in total. The summed E-state index contributed by atoms with van der Waals surface area (Å²) in [5, 5.41) is 8.37. The minimum Gasteiger partial charge on any atom is -0.468 e. The number of carbonyl (C=O) groups is 2. The Labute approximate surface area is 131 Å². The van der Waals surface area contributed by atoms with Gasteiger partial charge in [-0.2, -0.15) is 0 Å². The van der Waals surface area contributed by atoms with E-state index in [1.54, 1.807) is 19.3 Å². The molecule has 0 unspecified atom stereocenters. The fourth-order valence-corrected chi connectivity index (χ4v) is 2.76. The molecule has 0 spiro atoms. The van der Waals surface area contributed by atoms with Crippen molar-refractivity contribution in [3.05, 3.63) is 24.2 Å². The maximum absolute atomic E-state index is 12.0. The smallest absolute Gasteiger partial charge is 0.321 e. The van der Waals surface area contributed by atoms with Crippen molar-refractivity contribution in [2.24, 2.45) is 0 Å². The number of imide groups is 1. The maximum Gasteiger partial charge on any atom is 0.321 e. The number of carbonyl (C=O) groups excluding carboxylic acids is 2. The highest BCUT2D eigenvalue weighted by atomic mass is 16.3. The summed E-state index contributed by atoms with van der Waals surface area (Å²) in [4.78, 5) is 23.9. The number of rotatable bonds is 5. The van der Waals surface area contributed by atoms with Gasteiger partial charge in [-0.15, -0.1) is 0 Å². The summed E-state index contributed by atoms with van der Waals surface area (Å²) in [6, 6.07) is 2.84. The highest BCUT2D eigenvalue weighted by molar-refractivity contribution is 5.96. The number of nitrogens with one attached hydrogen (secondary N) is 3. The van der Waals surface area contributed by atoms with Crippen molar-refractivity contribution in [3.63, 3.8) is 0 Å². The molecule has 1 saturated carbocycles. The third-order valence-corrected chi connectivity index (χ3v) is 4.04. The lowest BCUT2D eigenvalue weighted by Crippen LogP contribution is -2.50. The second kappa shape index (κ2) is 7.98. The summed E-state index contributed by atoms with van der Waals surface area (Å²) in [5.41, 5.74) is 0. The molecule has 1 aliphatic rings. The molecule has 0 radical (unpaired) electrons. The average Bonchev–Trinajstić information content (AvgIpc) is 3.02. The van der Waals surface area contributed by atoms with E-state index >= 15 is 0 Å². The van der Waals surface area contributed by atoms with Gasteiger partial charge in [-0.25, -0.2) is 4.79 Å². The molecule has 1 aromatic rings. The van der Waals surface area contributed by atoms with Crippen molar-refractivity contribution in [1.29, 1.82) is 0 Å². The van der Waals surface area contributed by atoms with Crippen LogP contribution >= 0.6 is 0 Å². The number of hydrogen-bond donors (Lipinski definition) is 3. The van der Waals surface area contributed by atoms with E-state index in [-0.39, 0.29) is 18.0 Å². The van der Waals surface area contributed by atoms with E-state index in [1.807, 2.05) is 13.0 Å². The zero-order valence-corrected chi connectivity index (χ0v) is 13.2. The maximum atomic E-state index is 12.0. The molecule has 0 aliphatic heterocycles. The molecule has 3 amide bonds. The predicted molar refractivity (Wildman–Crippen MR) is 83.3 cm³/mol. The van der Waals surface area contributed by atoms with Crippen molar-refractivity contribution in [2.45, 2.75) is 64.1 Å². The van der Waals surface area contributed by atoms with Crippen LogP contribution in [-0.4, -0.2) is 24.0 Å². The van der Waals surface area contributed by atoms with Crippen LogP contribution in [0.1, 0.15) is 57.8 Å². The fraction of sp³-hybridized carbons (Fsp3) is 0.625.